The third-order valence-electron chi connectivity index (χ3n) is 1.22. The van der Waals surface area contributed by atoms with Gasteiger partial charge in [0.15, 0.2) is 5.82 Å². The van der Waals surface area contributed by atoms with Crippen LogP contribution < -0.4 is 0 Å². The zero-order chi connectivity index (χ0) is 9.84. The topological polar surface area (TPSA) is 50.2 Å². The number of carboxylic acid groups (broad SMARTS) is 1. The molecule has 0 amide bonds. The molecule has 5 heteroatoms. The van der Waals surface area contributed by atoms with Crippen molar-refractivity contribution in [2.24, 2.45) is 0 Å². The van der Waals surface area contributed by atoms with Gasteiger partial charge in [-0.3, -0.25) is 0 Å². The summed E-state index contributed by atoms with van der Waals surface area (Å²) < 4.78 is 12.9. The first kappa shape index (κ1) is 10.1. The van der Waals surface area contributed by atoms with E-state index in [9.17, 15) is 9.18 Å². The molecule has 0 radical (unpaired) electrons. The van der Waals surface area contributed by atoms with Crippen molar-refractivity contribution in [2.75, 3.05) is 0 Å². The molecule has 0 aliphatic rings. The van der Waals surface area contributed by atoms with Crippen LogP contribution in [0.5, 0.6) is 0 Å². The molecule has 0 spiro atoms. The summed E-state index contributed by atoms with van der Waals surface area (Å²) in [5.41, 5.74) is 0.424. The van der Waals surface area contributed by atoms with Crippen LogP contribution in [-0.4, -0.2) is 16.1 Å². The van der Waals surface area contributed by atoms with Crippen molar-refractivity contribution in [3.8, 4) is 0 Å². The lowest BCUT2D eigenvalue weighted by atomic mass is 10.3. The zero-order valence-electron chi connectivity index (χ0n) is 6.37. The Bertz CT molecular complexity index is 365. The molecule has 0 bridgehead atoms. The van der Waals surface area contributed by atoms with Gasteiger partial charge in [-0.1, -0.05) is 0 Å². The van der Waals surface area contributed by atoms with Crippen LogP contribution >= 0.6 is 22.6 Å². The molecule has 1 aromatic heterocycles. The highest BCUT2D eigenvalue weighted by Crippen LogP contribution is 2.09. The summed E-state index contributed by atoms with van der Waals surface area (Å²) in [4.78, 5) is 13.9. The number of hydrogen-bond acceptors (Lipinski definition) is 2. The minimum Gasteiger partial charge on any atom is -0.478 e. The van der Waals surface area contributed by atoms with Gasteiger partial charge in [0.25, 0.3) is 0 Å². The number of aromatic nitrogens is 1. The summed E-state index contributed by atoms with van der Waals surface area (Å²) in [6, 6.07) is 2.66. The van der Waals surface area contributed by atoms with Crippen LogP contribution in [0.15, 0.2) is 18.2 Å². The SMILES string of the molecule is O=C(O)/C=C/c1ccc(F)c(I)n1. The Morgan fingerprint density at radius 3 is 2.85 bits per heavy atom. The van der Waals surface area contributed by atoms with E-state index in [1.807, 2.05) is 0 Å². The number of hydrogen-bond donors (Lipinski definition) is 1. The summed E-state index contributed by atoms with van der Waals surface area (Å²) >= 11 is 1.74. The molecule has 3 nitrogen and oxygen atoms in total. The van der Waals surface area contributed by atoms with E-state index < -0.39 is 11.8 Å². The van der Waals surface area contributed by atoms with Crippen molar-refractivity contribution in [3.63, 3.8) is 0 Å². The Morgan fingerprint density at radius 1 is 1.62 bits per heavy atom. The Hall–Kier alpha value is -0.980. The highest BCUT2D eigenvalue weighted by atomic mass is 127. The van der Waals surface area contributed by atoms with Gasteiger partial charge in [-0.25, -0.2) is 14.2 Å². The van der Waals surface area contributed by atoms with Crippen LogP contribution in [0.2, 0.25) is 0 Å². The highest BCUT2D eigenvalue weighted by Gasteiger charge is 1.99. The lowest BCUT2D eigenvalue weighted by Crippen LogP contribution is -1.91. The van der Waals surface area contributed by atoms with Crippen LogP contribution in [0.4, 0.5) is 4.39 Å². The van der Waals surface area contributed by atoms with Gasteiger partial charge in [-0.2, -0.15) is 0 Å². The number of aliphatic carboxylic acids is 1. The second kappa shape index (κ2) is 4.31. The van der Waals surface area contributed by atoms with E-state index in [0.29, 0.717) is 5.69 Å². The first-order chi connectivity index (χ1) is 6.09. The van der Waals surface area contributed by atoms with Crippen molar-refractivity contribution >= 4 is 34.6 Å². The quantitative estimate of drug-likeness (QED) is 0.515. The summed E-state index contributed by atoms with van der Waals surface area (Å²) in [6.45, 7) is 0. The fourth-order valence-corrected chi connectivity index (χ4v) is 1.14. The van der Waals surface area contributed by atoms with Gasteiger partial charge in [-0.05, 0) is 40.8 Å². The highest BCUT2D eigenvalue weighted by molar-refractivity contribution is 14.1. The molecule has 0 atom stereocenters. The molecular formula is C8H5FINO2. The molecule has 0 aromatic carbocycles. The van der Waals surface area contributed by atoms with E-state index in [1.54, 1.807) is 22.6 Å². The maximum absolute atomic E-state index is 12.7. The van der Waals surface area contributed by atoms with Crippen molar-refractivity contribution in [1.29, 1.82) is 0 Å². The first-order valence-corrected chi connectivity index (χ1v) is 4.40. The number of rotatable bonds is 2. The van der Waals surface area contributed by atoms with E-state index in [-0.39, 0.29) is 3.70 Å². The number of carbonyl (C=O) groups is 1. The molecule has 0 unspecified atom stereocenters. The monoisotopic (exact) mass is 293 g/mol. The second-order valence-corrected chi connectivity index (χ2v) is 3.20. The van der Waals surface area contributed by atoms with E-state index in [1.165, 1.54) is 18.2 Å². The Labute approximate surface area is 87.4 Å². The molecule has 1 aromatic rings. The van der Waals surface area contributed by atoms with Gasteiger partial charge in [-0.15, -0.1) is 0 Å². The van der Waals surface area contributed by atoms with Crippen molar-refractivity contribution in [1.82, 2.24) is 4.98 Å². The second-order valence-electron chi connectivity index (χ2n) is 2.18. The van der Waals surface area contributed by atoms with Crippen LogP contribution in [0.25, 0.3) is 6.08 Å². The van der Waals surface area contributed by atoms with E-state index >= 15 is 0 Å². The molecule has 0 aliphatic carbocycles. The lowest BCUT2D eigenvalue weighted by molar-refractivity contribution is -0.131. The normalized spacial score (nSPS) is 10.6. The van der Waals surface area contributed by atoms with Crippen LogP contribution in [0.1, 0.15) is 5.69 Å². The van der Waals surface area contributed by atoms with Gasteiger partial charge >= 0.3 is 5.97 Å². The van der Waals surface area contributed by atoms with E-state index in [0.717, 1.165) is 6.08 Å². The molecule has 1 heterocycles. The van der Waals surface area contributed by atoms with E-state index in [2.05, 4.69) is 4.98 Å². The number of carboxylic acids is 1. The number of halogens is 2. The fraction of sp³-hybridized carbons (Fsp3) is 0. The third-order valence-corrected chi connectivity index (χ3v) is 1.98. The fourth-order valence-electron chi connectivity index (χ4n) is 0.681. The summed E-state index contributed by atoms with van der Waals surface area (Å²) in [5, 5.41) is 8.31. The van der Waals surface area contributed by atoms with Crippen molar-refractivity contribution in [3.05, 3.63) is 33.4 Å². The van der Waals surface area contributed by atoms with Gasteiger partial charge in [0.2, 0.25) is 0 Å². The molecule has 1 rings (SSSR count). The lowest BCUT2D eigenvalue weighted by Gasteiger charge is -1.94. The maximum atomic E-state index is 12.7. The van der Waals surface area contributed by atoms with Crippen molar-refractivity contribution < 1.29 is 14.3 Å². The van der Waals surface area contributed by atoms with Gasteiger partial charge in [0.05, 0.1) is 5.69 Å². The average molecular weight is 293 g/mol. The molecule has 1 N–H and O–H groups in total. The standard InChI is InChI=1S/C8H5FINO2/c9-6-3-1-5(11-8(6)10)2-4-7(12)13/h1-4H,(H,12,13)/b4-2+. The molecule has 0 saturated heterocycles. The predicted molar refractivity (Wildman–Crippen MR) is 53.6 cm³/mol. The van der Waals surface area contributed by atoms with Crippen LogP contribution in [0, 0.1) is 9.52 Å². The number of pyridine rings is 1. The van der Waals surface area contributed by atoms with Crippen molar-refractivity contribution in [2.45, 2.75) is 0 Å². The summed E-state index contributed by atoms with van der Waals surface area (Å²) in [5.74, 6) is -1.46. The minimum absolute atomic E-state index is 0.227. The van der Waals surface area contributed by atoms with Gasteiger partial charge < -0.3 is 5.11 Å². The zero-order valence-corrected chi connectivity index (χ0v) is 8.53. The Morgan fingerprint density at radius 2 is 2.31 bits per heavy atom. The smallest absolute Gasteiger partial charge is 0.328 e. The Kier molecular flexibility index (Phi) is 3.35. The summed E-state index contributed by atoms with van der Waals surface area (Å²) in [7, 11) is 0. The molecule has 13 heavy (non-hydrogen) atoms. The van der Waals surface area contributed by atoms with Crippen LogP contribution in [0.3, 0.4) is 0 Å². The van der Waals surface area contributed by atoms with Gasteiger partial charge in [0, 0.05) is 6.08 Å². The summed E-state index contributed by atoms with van der Waals surface area (Å²) in [6.07, 6.45) is 2.26. The average Bonchev–Trinajstić information content (AvgIpc) is 2.07. The maximum Gasteiger partial charge on any atom is 0.328 e. The molecule has 0 saturated carbocycles. The number of nitrogens with zero attached hydrogens (tertiary/aromatic N) is 1. The molecule has 0 aliphatic heterocycles. The largest absolute Gasteiger partial charge is 0.478 e. The van der Waals surface area contributed by atoms with Gasteiger partial charge in [0.1, 0.15) is 3.70 Å². The molecule has 0 fully saturated rings. The third kappa shape index (κ3) is 3.10. The predicted octanol–water partition coefficient (Wildman–Crippen LogP) is 1.92. The Balaban J connectivity index is 2.92. The van der Waals surface area contributed by atoms with E-state index in [4.69, 9.17) is 5.11 Å². The first-order valence-electron chi connectivity index (χ1n) is 3.32. The minimum atomic E-state index is -1.05. The molecular weight excluding hydrogens is 288 g/mol. The van der Waals surface area contributed by atoms with Crippen LogP contribution in [-0.2, 0) is 4.79 Å². The molecule has 68 valence electrons.